The number of rotatable bonds is 2. The van der Waals surface area contributed by atoms with Crippen LogP contribution in [0.25, 0.3) is 0 Å². The molecule has 0 radical (unpaired) electrons. The van der Waals surface area contributed by atoms with Gasteiger partial charge in [-0.2, -0.15) is 0 Å². The number of carbonyl (C=O) groups excluding carboxylic acids is 3. The summed E-state index contributed by atoms with van der Waals surface area (Å²) in [6.45, 7) is 0.0969. The van der Waals surface area contributed by atoms with Crippen molar-refractivity contribution in [2.24, 2.45) is 5.92 Å². The second-order valence-electron chi connectivity index (χ2n) is 5.14. The van der Waals surface area contributed by atoms with Crippen LogP contribution >= 0.6 is 0 Å². The number of Topliss-reactive ketones (excluding diaryl/α,β-unsaturated/α-hetero) is 3. The number of hydrogen-bond donors (Lipinski definition) is 0. The van der Waals surface area contributed by atoms with E-state index in [4.69, 9.17) is 9.47 Å². The van der Waals surface area contributed by atoms with Gasteiger partial charge in [0, 0.05) is 16.7 Å². The first-order valence-corrected chi connectivity index (χ1v) is 6.78. The van der Waals surface area contributed by atoms with E-state index >= 15 is 0 Å². The van der Waals surface area contributed by atoms with Crippen molar-refractivity contribution in [3.05, 3.63) is 59.2 Å². The van der Waals surface area contributed by atoms with Crippen LogP contribution in [0, 0.1) is 5.92 Å². The third-order valence-electron chi connectivity index (χ3n) is 3.90. The lowest BCUT2D eigenvalue weighted by atomic mass is 9.93. The van der Waals surface area contributed by atoms with Crippen molar-refractivity contribution < 1.29 is 23.9 Å². The Morgan fingerprint density at radius 3 is 2.23 bits per heavy atom. The van der Waals surface area contributed by atoms with Crippen LogP contribution in [-0.2, 0) is 0 Å². The molecule has 108 valence electrons. The maximum absolute atomic E-state index is 12.6. The molecule has 2 aliphatic rings. The van der Waals surface area contributed by atoms with Crippen LogP contribution < -0.4 is 9.47 Å². The van der Waals surface area contributed by atoms with Crippen LogP contribution in [0.5, 0.6) is 11.5 Å². The van der Waals surface area contributed by atoms with Gasteiger partial charge in [0.1, 0.15) is 5.92 Å². The van der Waals surface area contributed by atoms with Gasteiger partial charge >= 0.3 is 0 Å². The minimum absolute atomic E-state index is 0.0969. The topological polar surface area (TPSA) is 69.7 Å². The molecule has 0 bridgehead atoms. The molecule has 2 aromatic carbocycles. The molecule has 0 amide bonds. The third-order valence-corrected chi connectivity index (χ3v) is 3.90. The second kappa shape index (κ2) is 4.53. The number of hydrogen-bond acceptors (Lipinski definition) is 5. The van der Waals surface area contributed by atoms with E-state index in [1.54, 1.807) is 36.4 Å². The summed E-state index contributed by atoms with van der Waals surface area (Å²) in [4.78, 5) is 37.3. The molecule has 0 atom stereocenters. The van der Waals surface area contributed by atoms with Gasteiger partial charge in [-0.05, 0) is 18.2 Å². The average molecular weight is 294 g/mol. The molecular weight excluding hydrogens is 284 g/mol. The Labute approximate surface area is 125 Å². The van der Waals surface area contributed by atoms with Crippen LogP contribution in [0.3, 0.4) is 0 Å². The van der Waals surface area contributed by atoms with Gasteiger partial charge in [-0.3, -0.25) is 14.4 Å². The zero-order valence-electron chi connectivity index (χ0n) is 11.4. The molecule has 0 fully saturated rings. The monoisotopic (exact) mass is 294 g/mol. The summed E-state index contributed by atoms with van der Waals surface area (Å²) in [5.41, 5.74) is 0.891. The van der Waals surface area contributed by atoms with Crippen molar-refractivity contribution >= 4 is 17.3 Å². The van der Waals surface area contributed by atoms with E-state index in [0.29, 0.717) is 22.6 Å². The fraction of sp³-hybridized carbons (Fsp3) is 0.118. The predicted octanol–water partition coefficient (Wildman–Crippen LogP) is 2.29. The molecule has 0 aromatic heterocycles. The smallest absolute Gasteiger partial charge is 0.231 e. The average Bonchev–Trinajstić information content (AvgIpc) is 3.10. The summed E-state index contributed by atoms with van der Waals surface area (Å²) < 4.78 is 10.4. The van der Waals surface area contributed by atoms with Gasteiger partial charge < -0.3 is 9.47 Å². The highest BCUT2D eigenvalue weighted by atomic mass is 16.7. The summed E-state index contributed by atoms with van der Waals surface area (Å²) in [6, 6.07) is 11.2. The number of ether oxygens (including phenoxy) is 2. The standard InChI is InChI=1S/C17H10O5/c18-15(9-5-6-12-13(7-9)22-8-21-12)14-16(19)10-3-1-2-4-11(10)17(14)20/h1-7,14H,8H2. The van der Waals surface area contributed by atoms with E-state index in [2.05, 4.69) is 0 Å². The van der Waals surface area contributed by atoms with Crippen LogP contribution in [0.15, 0.2) is 42.5 Å². The van der Waals surface area contributed by atoms with E-state index in [1.165, 1.54) is 6.07 Å². The van der Waals surface area contributed by atoms with Crippen LogP contribution in [0.2, 0.25) is 0 Å². The fourth-order valence-corrected chi connectivity index (χ4v) is 2.80. The Hall–Kier alpha value is -2.95. The van der Waals surface area contributed by atoms with Crippen molar-refractivity contribution in [2.75, 3.05) is 6.79 Å². The van der Waals surface area contributed by atoms with Gasteiger partial charge in [-0.25, -0.2) is 0 Å². The molecule has 2 aromatic rings. The predicted molar refractivity (Wildman–Crippen MR) is 75.5 cm³/mol. The first kappa shape index (κ1) is 12.8. The molecule has 1 heterocycles. The minimum atomic E-state index is -1.29. The first-order chi connectivity index (χ1) is 10.7. The van der Waals surface area contributed by atoms with E-state index in [1.807, 2.05) is 0 Å². The second-order valence-corrected chi connectivity index (χ2v) is 5.14. The van der Waals surface area contributed by atoms with Crippen LogP contribution in [0.4, 0.5) is 0 Å². The summed E-state index contributed by atoms with van der Waals surface area (Å²) >= 11 is 0. The highest BCUT2D eigenvalue weighted by Crippen LogP contribution is 2.35. The van der Waals surface area contributed by atoms with E-state index in [9.17, 15) is 14.4 Å². The number of fused-ring (bicyclic) bond motifs is 2. The highest BCUT2D eigenvalue weighted by Gasteiger charge is 2.43. The maximum Gasteiger partial charge on any atom is 0.231 e. The van der Waals surface area contributed by atoms with E-state index in [-0.39, 0.29) is 12.4 Å². The molecule has 0 spiro atoms. The summed E-state index contributed by atoms with van der Waals surface area (Å²) in [6.07, 6.45) is 0. The first-order valence-electron chi connectivity index (χ1n) is 6.78. The quantitative estimate of drug-likeness (QED) is 0.628. The van der Waals surface area contributed by atoms with Gasteiger partial charge in [0.2, 0.25) is 6.79 Å². The molecular formula is C17H10O5. The van der Waals surface area contributed by atoms with E-state index in [0.717, 1.165) is 0 Å². The Kier molecular flexibility index (Phi) is 2.63. The summed E-state index contributed by atoms with van der Waals surface area (Å²) in [5.74, 6) is -1.70. The molecule has 5 nitrogen and oxygen atoms in total. The van der Waals surface area contributed by atoms with Crippen molar-refractivity contribution in [2.45, 2.75) is 0 Å². The van der Waals surface area contributed by atoms with Crippen molar-refractivity contribution in [1.82, 2.24) is 0 Å². The normalized spacial score (nSPS) is 16.0. The molecule has 1 aliphatic carbocycles. The molecule has 0 unspecified atom stereocenters. The van der Waals surface area contributed by atoms with Gasteiger partial charge in [0.25, 0.3) is 0 Å². The summed E-state index contributed by atoms with van der Waals surface area (Å²) in [7, 11) is 0. The number of carbonyl (C=O) groups is 3. The van der Waals surface area contributed by atoms with Gasteiger partial charge in [-0.15, -0.1) is 0 Å². The third kappa shape index (κ3) is 1.69. The molecule has 0 saturated heterocycles. The molecule has 22 heavy (non-hydrogen) atoms. The van der Waals surface area contributed by atoms with E-state index < -0.39 is 23.3 Å². The molecule has 4 rings (SSSR count). The summed E-state index contributed by atoms with van der Waals surface area (Å²) in [5, 5.41) is 0. The van der Waals surface area contributed by atoms with Gasteiger partial charge in [0.05, 0.1) is 0 Å². The molecule has 0 saturated carbocycles. The van der Waals surface area contributed by atoms with Crippen molar-refractivity contribution in [3.63, 3.8) is 0 Å². The highest BCUT2D eigenvalue weighted by molar-refractivity contribution is 6.37. The Balaban J connectivity index is 1.73. The fourth-order valence-electron chi connectivity index (χ4n) is 2.80. The van der Waals surface area contributed by atoms with Crippen LogP contribution in [-0.4, -0.2) is 24.1 Å². The van der Waals surface area contributed by atoms with Crippen LogP contribution in [0.1, 0.15) is 31.1 Å². The lowest BCUT2D eigenvalue weighted by Crippen LogP contribution is -2.25. The van der Waals surface area contributed by atoms with Gasteiger partial charge in [0.15, 0.2) is 28.8 Å². The SMILES string of the molecule is O=C(c1ccc2c(c1)OCO2)C1C(=O)c2ccccc2C1=O. The number of benzene rings is 2. The Bertz CT molecular complexity index is 802. The maximum atomic E-state index is 12.6. The molecule has 1 aliphatic heterocycles. The minimum Gasteiger partial charge on any atom is -0.454 e. The van der Waals surface area contributed by atoms with Crippen molar-refractivity contribution in [3.8, 4) is 11.5 Å². The van der Waals surface area contributed by atoms with Crippen molar-refractivity contribution in [1.29, 1.82) is 0 Å². The molecule has 0 N–H and O–H groups in total. The molecule has 5 heteroatoms. The zero-order chi connectivity index (χ0) is 15.3. The zero-order valence-corrected chi connectivity index (χ0v) is 11.4. The largest absolute Gasteiger partial charge is 0.454 e. The Morgan fingerprint density at radius 1 is 0.909 bits per heavy atom. The van der Waals surface area contributed by atoms with Gasteiger partial charge in [-0.1, -0.05) is 24.3 Å². The lowest BCUT2D eigenvalue weighted by molar-refractivity contribution is 0.0756. The Morgan fingerprint density at radius 2 is 1.55 bits per heavy atom. The lowest BCUT2D eigenvalue weighted by Gasteiger charge is -2.07. The number of ketones is 3.